The number of carbonyl (C=O) groups is 3. The number of nitrogens with one attached hydrogen (secondary N) is 2. The summed E-state index contributed by atoms with van der Waals surface area (Å²) in [6.07, 6.45) is -0.570. The van der Waals surface area contributed by atoms with Crippen LogP contribution in [0.4, 0.5) is 4.79 Å². The van der Waals surface area contributed by atoms with Crippen LogP contribution in [0.2, 0.25) is 0 Å². The van der Waals surface area contributed by atoms with Crippen molar-refractivity contribution in [2.24, 2.45) is 0 Å². The molecule has 2 N–H and O–H groups in total. The van der Waals surface area contributed by atoms with Crippen LogP contribution in [0.25, 0.3) is 0 Å². The van der Waals surface area contributed by atoms with Crippen molar-refractivity contribution >= 4 is 18.0 Å². The summed E-state index contributed by atoms with van der Waals surface area (Å²) >= 11 is 0. The Morgan fingerprint density at radius 2 is 1.72 bits per heavy atom. The lowest BCUT2D eigenvalue weighted by Gasteiger charge is -2.19. The first kappa shape index (κ1) is 16.2. The minimum Gasteiger partial charge on any atom is -0.469 e. The number of carbonyl (C=O) groups excluding carboxylic acids is 3. The molecule has 0 bridgehead atoms. The third-order valence-corrected chi connectivity index (χ3v) is 1.67. The first-order valence-corrected chi connectivity index (χ1v) is 5.55. The van der Waals surface area contributed by atoms with Gasteiger partial charge in [0.25, 0.3) is 0 Å². The number of esters is 1. The van der Waals surface area contributed by atoms with Gasteiger partial charge in [-0.2, -0.15) is 0 Å². The average molecular weight is 260 g/mol. The molecule has 0 spiro atoms. The van der Waals surface area contributed by atoms with Gasteiger partial charge < -0.3 is 20.1 Å². The third-order valence-electron chi connectivity index (χ3n) is 1.67. The third kappa shape index (κ3) is 9.44. The van der Waals surface area contributed by atoms with E-state index in [1.807, 2.05) is 0 Å². The van der Waals surface area contributed by atoms with Gasteiger partial charge in [0, 0.05) is 6.54 Å². The molecule has 104 valence electrons. The predicted molar refractivity (Wildman–Crippen MR) is 63.9 cm³/mol. The molecular formula is C11H20N2O5. The Morgan fingerprint density at radius 1 is 1.11 bits per heavy atom. The highest BCUT2D eigenvalue weighted by Gasteiger charge is 2.16. The second-order valence-corrected chi connectivity index (χ2v) is 4.53. The number of methoxy groups -OCH3 is 1. The maximum absolute atomic E-state index is 11.2. The standard InChI is InChI=1S/C11H20N2O5/c1-11(2,3)18-10(16)13-7-8(14)12-6-5-9(15)17-4/h5-7H2,1-4H3,(H,12,14)(H,13,16). The van der Waals surface area contributed by atoms with Crippen molar-refractivity contribution in [3.05, 3.63) is 0 Å². The molecule has 0 aromatic rings. The second kappa shape index (κ2) is 7.52. The topological polar surface area (TPSA) is 93.7 Å². The minimum atomic E-state index is -0.661. The van der Waals surface area contributed by atoms with E-state index < -0.39 is 23.6 Å². The van der Waals surface area contributed by atoms with Gasteiger partial charge in [-0.15, -0.1) is 0 Å². The normalized spacial score (nSPS) is 10.4. The molecule has 0 aromatic heterocycles. The van der Waals surface area contributed by atoms with E-state index in [0.717, 1.165) is 0 Å². The van der Waals surface area contributed by atoms with Gasteiger partial charge >= 0.3 is 12.1 Å². The molecule has 0 aromatic carbocycles. The molecule has 18 heavy (non-hydrogen) atoms. The van der Waals surface area contributed by atoms with Crippen LogP contribution in [0, 0.1) is 0 Å². The summed E-state index contributed by atoms with van der Waals surface area (Å²) in [7, 11) is 1.27. The van der Waals surface area contributed by atoms with Crippen LogP contribution >= 0.6 is 0 Å². The molecule has 2 amide bonds. The number of hydrogen-bond acceptors (Lipinski definition) is 5. The zero-order chi connectivity index (χ0) is 14.2. The zero-order valence-electron chi connectivity index (χ0n) is 11.2. The molecule has 0 atom stereocenters. The lowest BCUT2D eigenvalue weighted by Crippen LogP contribution is -2.40. The van der Waals surface area contributed by atoms with Crippen LogP contribution in [0.1, 0.15) is 27.2 Å². The van der Waals surface area contributed by atoms with Crippen molar-refractivity contribution in [2.75, 3.05) is 20.2 Å². The second-order valence-electron chi connectivity index (χ2n) is 4.53. The van der Waals surface area contributed by atoms with Crippen molar-refractivity contribution in [3.8, 4) is 0 Å². The van der Waals surface area contributed by atoms with Crippen molar-refractivity contribution in [1.82, 2.24) is 10.6 Å². The molecule has 0 rings (SSSR count). The summed E-state index contributed by atoms with van der Waals surface area (Å²) in [4.78, 5) is 33.2. The number of rotatable bonds is 5. The summed E-state index contributed by atoms with van der Waals surface area (Å²) in [6, 6.07) is 0. The molecule has 0 aliphatic rings. The van der Waals surface area contributed by atoms with E-state index >= 15 is 0 Å². The maximum Gasteiger partial charge on any atom is 0.408 e. The van der Waals surface area contributed by atoms with Crippen LogP contribution in [-0.4, -0.2) is 43.8 Å². The van der Waals surface area contributed by atoms with E-state index in [4.69, 9.17) is 4.74 Å². The number of hydrogen-bond donors (Lipinski definition) is 2. The Bertz CT molecular complexity index is 309. The molecule has 0 fully saturated rings. The molecule has 0 saturated carbocycles. The fourth-order valence-electron chi connectivity index (χ4n) is 0.935. The van der Waals surface area contributed by atoms with Gasteiger partial charge in [0.15, 0.2) is 0 Å². The Morgan fingerprint density at radius 3 is 2.22 bits per heavy atom. The predicted octanol–water partition coefficient (Wildman–Crippen LogP) is 0.190. The molecule has 0 aliphatic heterocycles. The summed E-state index contributed by atoms with van der Waals surface area (Å²) < 4.78 is 9.35. The van der Waals surface area contributed by atoms with Crippen molar-refractivity contribution in [3.63, 3.8) is 0 Å². The number of amides is 2. The van der Waals surface area contributed by atoms with E-state index in [0.29, 0.717) is 0 Å². The van der Waals surface area contributed by atoms with Crippen molar-refractivity contribution in [2.45, 2.75) is 32.8 Å². The first-order chi connectivity index (χ1) is 8.24. The smallest absolute Gasteiger partial charge is 0.408 e. The number of ether oxygens (including phenoxy) is 2. The lowest BCUT2D eigenvalue weighted by atomic mass is 10.2. The van der Waals surface area contributed by atoms with Gasteiger partial charge in [-0.05, 0) is 20.8 Å². The van der Waals surface area contributed by atoms with E-state index in [9.17, 15) is 14.4 Å². The highest BCUT2D eigenvalue weighted by Crippen LogP contribution is 2.05. The SMILES string of the molecule is COC(=O)CCNC(=O)CNC(=O)OC(C)(C)C. The van der Waals surface area contributed by atoms with E-state index in [1.165, 1.54) is 7.11 Å². The molecule has 0 heterocycles. The van der Waals surface area contributed by atoms with Crippen LogP contribution < -0.4 is 10.6 Å². The van der Waals surface area contributed by atoms with Gasteiger partial charge in [-0.25, -0.2) is 4.79 Å². The van der Waals surface area contributed by atoms with Crippen molar-refractivity contribution < 1.29 is 23.9 Å². The Kier molecular flexibility index (Phi) is 6.77. The molecule has 0 radical (unpaired) electrons. The van der Waals surface area contributed by atoms with Gasteiger partial charge in [0.2, 0.25) is 5.91 Å². The van der Waals surface area contributed by atoms with E-state index in [-0.39, 0.29) is 19.5 Å². The molecule has 7 heteroatoms. The minimum absolute atomic E-state index is 0.0919. The van der Waals surface area contributed by atoms with E-state index in [2.05, 4.69) is 15.4 Å². The summed E-state index contributed by atoms with van der Waals surface area (Å²) in [5.41, 5.74) is -0.606. The highest BCUT2D eigenvalue weighted by atomic mass is 16.6. The average Bonchev–Trinajstić information content (AvgIpc) is 2.23. The van der Waals surface area contributed by atoms with Crippen LogP contribution in [0.3, 0.4) is 0 Å². The lowest BCUT2D eigenvalue weighted by molar-refractivity contribution is -0.140. The Hall–Kier alpha value is -1.79. The molecule has 7 nitrogen and oxygen atoms in total. The van der Waals surface area contributed by atoms with Gasteiger partial charge in [-0.1, -0.05) is 0 Å². The van der Waals surface area contributed by atoms with Crippen LogP contribution in [0.15, 0.2) is 0 Å². The first-order valence-electron chi connectivity index (χ1n) is 5.55. The molecular weight excluding hydrogens is 240 g/mol. The largest absolute Gasteiger partial charge is 0.469 e. The fraction of sp³-hybridized carbons (Fsp3) is 0.727. The van der Waals surface area contributed by atoms with Crippen molar-refractivity contribution in [1.29, 1.82) is 0 Å². The molecule has 0 saturated heterocycles. The Balaban J connectivity index is 3.71. The molecule has 0 unspecified atom stereocenters. The zero-order valence-corrected chi connectivity index (χ0v) is 11.2. The highest BCUT2D eigenvalue weighted by molar-refractivity contribution is 5.82. The van der Waals surface area contributed by atoms with Gasteiger partial charge in [0.05, 0.1) is 20.1 Å². The summed E-state index contributed by atoms with van der Waals surface area (Å²) in [5, 5.41) is 4.76. The molecule has 0 aliphatic carbocycles. The Labute approximate surface area is 106 Å². The summed E-state index contributed by atoms with van der Waals surface area (Å²) in [6.45, 7) is 5.15. The van der Waals surface area contributed by atoms with Crippen LogP contribution in [-0.2, 0) is 19.1 Å². The number of alkyl carbamates (subject to hydrolysis) is 1. The van der Waals surface area contributed by atoms with E-state index in [1.54, 1.807) is 20.8 Å². The monoisotopic (exact) mass is 260 g/mol. The summed E-state index contributed by atoms with van der Waals surface area (Å²) in [5.74, 6) is -0.805. The van der Waals surface area contributed by atoms with Gasteiger partial charge in [-0.3, -0.25) is 9.59 Å². The van der Waals surface area contributed by atoms with Crippen LogP contribution in [0.5, 0.6) is 0 Å². The maximum atomic E-state index is 11.2. The van der Waals surface area contributed by atoms with Gasteiger partial charge in [0.1, 0.15) is 5.60 Å². The fourth-order valence-corrected chi connectivity index (χ4v) is 0.935. The quantitative estimate of drug-likeness (QED) is 0.688.